The predicted octanol–water partition coefficient (Wildman–Crippen LogP) is 1.62. The molecule has 1 aromatic carbocycles. The van der Waals surface area contributed by atoms with E-state index in [1.54, 1.807) is 37.4 Å². The van der Waals surface area contributed by atoms with Gasteiger partial charge >= 0.3 is 5.97 Å². The third kappa shape index (κ3) is 6.22. The molecule has 0 aliphatic carbocycles. The molecule has 0 bridgehead atoms. The van der Waals surface area contributed by atoms with E-state index in [1.807, 2.05) is 6.07 Å². The average molecular weight is 343 g/mol. The van der Waals surface area contributed by atoms with Gasteiger partial charge in [-0.05, 0) is 36.6 Å². The number of hydrogen-bond donors (Lipinski definition) is 4. The van der Waals surface area contributed by atoms with Gasteiger partial charge in [0.15, 0.2) is 0 Å². The summed E-state index contributed by atoms with van der Waals surface area (Å²) in [6.07, 6.45) is 2.22. The number of nitriles is 1. The van der Waals surface area contributed by atoms with Crippen LogP contribution in [0.2, 0.25) is 0 Å². The summed E-state index contributed by atoms with van der Waals surface area (Å²) < 4.78 is 0. The van der Waals surface area contributed by atoms with Crippen LogP contribution in [0.3, 0.4) is 0 Å². The topological polar surface area (TPSA) is 140 Å². The first kappa shape index (κ1) is 20.1. The van der Waals surface area contributed by atoms with Gasteiger partial charge in [0.05, 0.1) is 23.9 Å². The number of pyridine rings is 1. The van der Waals surface area contributed by atoms with Crippen LogP contribution in [0.5, 0.6) is 5.75 Å². The van der Waals surface area contributed by atoms with E-state index in [0.717, 1.165) is 5.56 Å². The van der Waals surface area contributed by atoms with Crippen LogP contribution in [0.15, 0.2) is 30.5 Å². The average Bonchev–Trinajstić information content (AvgIpc) is 2.63. The van der Waals surface area contributed by atoms with Crippen molar-refractivity contribution in [2.75, 3.05) is 0 Å². The molecule has 0 aliphatic rings. The number of carboxylic acids is 1. The summed E-state index contributed by atoms with van der Waals surface area (Å²) in [7, 11) is 0. The largest absolute Gasteiger partial charge is 0.506 e. The third-order valence-corrected chi connectivity index (χ3v) is 3.52. The van der Waals surface area contributed by atoms with E-state index in [2.05, 4.69) is 4.98 Å². The molecule has 0 fully saturated rings. The zero-order chi connectivity index (χ0) is 18.8. The number of aliphatic hydroxyl groups is 1. The number of nitrogens with zero attached hydrogens (tertiary/aromatic N) is 2. The van der Waals surface area contributed by atoms with E-state index >= 15 is 0 Å². The number of aryl methyl sites for hydroxylation is 2. The lowest BCUT2D eigenvalue weighted by Crippen LogP contribution is -2.04. The van der Waals surface area contributed by atoms with Gasteiger partial charge in [-0.15, -0.1) is 0 Å². The van der Waals surface area contributed by atoms with Gasteiger partial charge in [-0.25, -0.2) is 0 Å². The second-order valence-electron chi connectivity index (χ2n) is 5.26. The van der Waals surface area contributed by atoms with Crippen LogP contribution in [0, 0.1) is 18.3 Å². The first-order valence-corrected chi connectivity index (χ1v) is 7.61. The summed E-state index contributed by atoms with van der Waals surface area (Å²) in [5, 5.41) is 35.3. The van der Waals surface area contributed by atoms with E-state index in [1.165, 1.54) is 0 Å². The standard InChI is InChI=1S/C10H9NO2.C8H12N2O2/c11-7-9-3-1-8(2-4-9)5-6-10(12)13;1-5-8(12)7(4-11)6(2-9)3-10-5/h1-4H,5-6H2,(H,12,13);3,11-12H,2,4,9H2,1H3. The summed E-state index contributed by atoms with van der Waals surface area (Å²) in [6.45, 7) is 1.74. The highest BCUT2D eigenvalue weighted by Crippen LogP contribution is 2.22. The number of nitrogens with two attached hydrogens (primary N) is 1. The summed E-state index contributed by atoms with van der Waals surface area (Å²) in [5.41, 5.74) is 8.59. The second kappa shape index (κ2) is 10.0. The number of carbonyl (C=O) groups is 1. The first-order valence-electron chi connectivity index (χ1n) is 7.61. The Morgan fingerprint density at radius 2 is 1.96 bits per heavy atom. The SMILES string of the molecule is Cc1ncc(CN)c(CO)c1O.N#Cc1ccc(CCC(=O)O)cc1. The normalized spacial score (nSPS) is 9.68. The molecule has 2 rings (SSSR count). The first-order chi connectivity index (χ1) is 11.9. The molecule has 0 saturated heterocycles. The summed E-state index contributed by atoms with van der Waals surface area (Å²) in [4.78, 5) is 14.2. The van der Waals surface area contributed by atoms with Gasteiger partial charge in [0.2, 0.25) is 0 Å². The minimum atomic E-state index is -0.802. The molecule has 1 aromatic heterocycles. The molecule has 0 radical (unpaired) electrons. The van der Waals surface area contributed by atoms with Crippen LogP contribution in [0.4, 0.5) is 0 Å². The van der Waals surface area contributed by atoms with E-state index in [0.29, 0.717) is 28.8 Å². The highest BCUT2D eigenvalue weighted by atomic mass is 16.4. The quantitative estimate of drug-likeness (QED) is 0.646. The molecule has 1 heterocycles. The molecule has 2 aromatic rings. The van der Waals surface area contributed by atoms with Gasteiger partial charge < -0.3 is 21.1 Å². The maximum atomic E-state index is 10.2. The molecule has 0 unspecified atom stereocenters. The van der Waals surface area contributed by atoms with Crippen LogP contribution < -0.4 is 5.73 Å². The summed E-state index contributed by atoms with van der Waals surface area (Å²) in [6, 6.07) is 8.94. The van der Waals surface area contributed by atoms with Crippen molar-refractivity contribution in [1.29, 1.82) is 5.26 Å². The Balaban J connectivity index is 0.000000251. The Kier molecular flexibility index (Phi) is 8.06. The molecule has 0 spiro atoms. The Morgan fingerprint density at radius 1 is 1.32 bits per heavy atom. The molecule has 0 saturated carbocycles. The van der Waals surface area contributed by atoms with Crippen molar-refractivity contribution in [2.45, 2.75) is 32.9 Å². The van der Waals surface area contributed by atoms with Gasteiger partial charge in [-0.3, -0.25) is 9.78 Å². The number of aromatic hydroxyl groups is 1. The maximum absolute atomic E-state index is 10.2. The van der Waals surface area contributed by atoms with Crippen LogP contribution in [-0.4, -0.2) is 26.3 Å². The fraction of sp³-hybridized carbons (Fsp3) is 0.278. The third-order valence-electron chi connectivity index (χ3n) is 3.52. The van der Waals surface area contributed by atoms with E-state index in [4.69, 9.17) is 21.2 Å². The summed E-state index contributed by atoms with van der Waals surface area (Å²) in [5.74, 6) is -0.759. The van der Waals surface area contributed by atoms with Crippen molar-refractivity contribution in [2.24, 2.45) is 5.73 Å². The minimum Gasteiger partial charge on any atom is -0.506 e. The lowest BCUT2D eigenvalue weighted by Gasteiger charge is -2.08. The fourth-order valence-corrected chi connectivity index (χ4v) is 2.03. The molecule has 5 N–H and O–H groups in total. The smallest absolute Gasteiger partial charge is 0.303 e. The highest BCUT2D eigenvalue weighted by Gasteiger charge is 2.08. The molecular weight excluding hydrogens is 322 g/mol. The molecular formula is C18H21N3O4. The maximum Gasteiger partial charge on any atom is 0.303 e. The van der Waals surface area contributed by atoms with Gasteiger partial charge in [0.1, 0.15) is 5.75 Å². The fourth-order valence-electron chi connectivity index (χ4n) is 2.03. The number of aromatic nitrogens is 1. The van der Waals surface area contributed by atoms with E-state index in [-0.39, 0.29) is 25.3 Å². The highest BCUT2D eigenvalue weighted by molar-refractivity contribution is 5.67. The number of carboxylic acid groups (broad SMARTS) is 1. The van der Waals surface area contributed by atoms with Gasteiger partial charge in [-0.2, -0.15) is 5.26 Å². The molecule has 132 valence electrons. The summed E-state index contributed by atoms with van der Waals surface area (Å²) >= 11 is 0. The Labute approximate surface area is 146 Å². The second-order valence-corrected chi connectivity index (χ2v) is 5.26. The van der Waals surface area contributed by atoms with Crippen LogP contribution in [0.1, 0.15) is 34.4 Å². The van der Waals surface area contributed by atoms with Crippen LogP contribution in [0.25, 0.3) is 0 Å². The van der Waals surface area contributed by atoms with Gasteiger partial charge in [-0.1, -0.05) is 12.1 Å². The van der Waals surface area contributed by atoms with Crippen molar-refractivity contribution in [3.63, 3.8) is 0 Å². The van der Waals surface area contributed by atoms with Crippen molar-refractivity contribution in [3.8, 4) is 11.8 Å². The zero-order valence-electron chi connectivity index (χ0n) is 13.9. The van der Waals surface area contributed by atoms with Gasteiger partial charge in [0.25, 0.3) is 0 Å². The monoisotopic (exact) mass is 343 g/mol. The zero-order valence-corrected chi connectivity index (χ0v) is 13.9. The Hall–Kier alpha value is -2.95. The molecule has 0 amide bonds. The molecule has 7 heteroatoms. The molecule has 0 atom stereocenters. The van der Waals surface area contributed by atoms with E-state index in [9.17, 15) is 9.90 Å². The minimum absolute atomic E-state index is 0.0421. The molecule has 7 nitrogen and oxygen atoms in total. The lowest BCUT2D eigenvalue weighted by molar-refractivity contribution is -0.136. The number of benzene rings is 1. The molecule has 25 heavy (non-hydrogen) atoms. The van der Waals surface area contributed by atoms with Crippen LogP contribution >= 0.6 is 0 Å². The Morgan fingerprint density at radius 3 is 2.44 bits per heavy atom. The number of rotatable bonds is 5. The van der Waals surface area contributed by atoms with Crippen molar-refractivity contribution in [1.82, 2.24) is 4.98 Å². The number of aliphatic carboxylic acids is 1. The Bertz CT molecular complexity index is 752. The lowest BCUT2D eigenvalue weighted by atomic mass is 10.1. The van der Waals surface area contributed by atoms with Crippen molar-refractivity contribution in [3.05, 3.63) is 58.4 Å². The van der Waals surface area contributed by atoms with E-state index < -0.39 is 5.97 Å². The van der Waals surface area contributed by atoms with Crippen LogP contribution in [-0.2, 0) is 24.4 Å². The number of aliphatic hydroxyl groups excluding tert-OH is 1. The molecule has 0 aliphatic heterocycles. The van der Waals surface area contributed by atoms with Crippen molar-refractivity contribution < 1.29 is 20.1 Å². The predicted molar refractivity (Wildman–Crippen MR) is 91.6 cm³/mol. The van der Waals surface area contributed by atoms with Gasteiger partial charge in [0, 0.05) is 24.7 Å². The number of hydrogen-bond acceptors (Lipinski definition) is 6. The van der Waals surface area contributed by atoms with Crippen molar-refractivity contribution >= 4 is 5.97 Å².